The highest BCUT2D eigenvalue weighted by molar-refractivity contribution is 5.58. The molecule has 3 heteroatoms. The van der Waals surface area contributed by atoms with Gasteiger partial charge in [-0.25, -0.2) is 0 Å². The third-order valence-corrected chi connectivity index (χ3v) is 3.01. The van der Waals surface area contributed by atoms with Crippen LogP contribution in [0.4, 0.5) is 0 Å². The fraction of sp³-hybridized carbons (Fsp3) is 0.0556. The smallest absolute Gasteiger partial charge is 0.138 e. The van der Waals surface area contributed by atoms with Crippen molar-refractivity contribution >= 4 is 0 Å². The van der Waals surface area contributed by atoms with Gasteiger partial charge in [0.1, 0.15) is 5.76 Å². The van der Waals surface area contributed by atoms with Crippen molar-refractivity contribution in [2.24, 2.45) is 0 Å². The van der Waals surface area contributed by atoms with Gasteiger partial charge in [-0.3, -0.25) is 4.98 Å². The average molecular weight is 278 g/mol. The zero-order valence-corrected chi connectivity index (χ0v) is 11.8. The molecule has 0 aliphatic carbocycles. The Hall–Kier alpha value is -2.81. The van der Waals surface area contributed by atoms with Crippen LogP contribution in [0.1, 0.15) is 5.69 Å². The highest BCUT2D eigenvalue weighted by Gasteiger charge is 2.02. The first kappa shape index (κ1) is 14.6. The highest BCUT2D eigenvalue weighted by atomic mass is 16.3. The van der Waals surface area contributed by atoms with Gasteiger partial charge >= 0.3 is 0 Å². The van der Waals surface area contributed by atoms with E-state index in [0.29, 0.717) is 12.2 Å². The van der Waals surface area contributed by atoms with Crippen molar-refractivity contribution in [2.45, 2.75) is 6.54 Å². The minimum Gasteiger partial charge on any atom is -0.506 e. The lowest BCUT2D eigenvalue weighted by atomic mass is 10.1. The van der Waals surface area contributed by atoms with Crippen molar-refractivity contribution in [2.75, 3.05) is 0 Å². The molecule has 1 aromatic heterocycles. The molecule has 0 spiro atoms. The number of aliphatic hydroxyl groups excluding tert-OH is 1. The molecule has 0 bridgehead atoms. The first-order chi connectivity index (χ1) is 10.2. The summed E-state index contributed by atoms with van der Waals surface area (Å²) in [5.41, 5.74) is 3.42. The first-order valence-corrected chi connectivity index (χ1v) is 6.68. The molecule has 21 heavy (non-hydrogen) atoms. The van der Waals surface area contributed by atoms with Gasteiger partial charge in [0.25, 0.3) is 0 Å². The third kappa shape index (κ3) is 3.83. The molecule has 0 aliphatic heterocycles. The minimum absolute atomic E-state index is 0.0733. The molecule has 2 N–H and O–H groups in total. The van der Waals surface area contributed by atoms with E-state index in [1.165, 1.54) is 6.08 Å². The Morgan fingerprint density at radius 3 is 2.48 bits per heavy atom. The zero-order chi connectivity index (χ0) is 15.1. The molecule has 0 fully saturated rings. The van der Waals surface area contributed by atoms with Crippen LogP contribution in [0.3, 0.4) is 0 Å². The zero-order valence-electron chi connectivity index (χ0n) is 11.8. The lowest BCUT2D eigenvalue weighted by molar-refractivity contribution is 0.422. The molecule has 0 atom stereocenters. The Labute approximate surface area is 125 Å². The molecule has 0 saturated heterocycles. The second-order valence-electron chi connectivity index (χ2n) is 4.44. The molecule has 2 rings (SSSR count). The van der Waals surface area contributed by atoms with Gasteiger partial charge in [0.05, 0.1) is 23.6 Å². The molecule has 106 valence electrons. The number of allylic oxidation sites excluding steroid dienone is 2. The van der Waals surface area contributed by atoms with E-state index in [4.69, 9.17) is 0 Å². The average Bonchev–Trinajstić information content (AvgIpc) is 2.56. The van der Waals surface area contributed by atoms with Crippen molar-refractivity contribution in [1.82, 2.24) is 10.3 Å². The standard InChI is InChI=1S/C18H18N2O/c1-3-16(18(21)4-2)19-13-15-11-8-12-17(20-15)14-9-6-5-7-10-14/h3-12,19,21H,1-2,13H2/b18-16-. The topological polar surface area (TPSA) is 45.1 Å². The molecule has 0 saturated carbocycles. The van der Waals surface area contributed by atoms with E-state index >= 15 is 0 Å². The SMILES string of the molecule is C=C/C(O)=C(\C=C)NCc1cccc(-c2ccccc2)n1. The van der Waals surface area contributed by atoms with Gasteiger partial charge in [-0.2, -0.15) is 0 Å². The molecule has 0 unspecified atom stereocenters. The first-order valence-electron chi connectivity index (χ1n) is 6.68. The number of aliphatic hydroxyl groups is 1. The predicted molar refractivity (Wildman–Crippen MR) is 86.6 cm³/mol. The number of hydrogen-bond donors (Lipinski definition) is 2. The summed E-state index contributed by atoms with van der Waals surface area (Å²) in [5, 5.41) is 12.7. The third-order valence-electron chi connectivity index (χ3n) is 3.01. The van der Waals surface area contributed by atoms with Crippen molar-refractivity contribution in [3.63, 3.8) is 0 Å². The van der Waals surface area contributed by atoms with Gasteiger partial charge in [0.15, 0.2) is 0 Å². The summed E-state index contributed by atoms with van der Waals surface area (Å²) in [6.45, 7) is 7.69. The van der Waals surface area contributed by atoms with E-state index < -0.39 is 0 Å². The molecule has 0 radical (unpaired) electrons. The van der Waals surface area contributed by atoms with Crippen LogP contribution in [0.2, 0.25) is 0 Å². The maximum atomic E-state index is 9.64. The van der Waals surface area contributed by atoms with E-state index in [9.17, 15) is 5.11 Å². The van der Waals surface area contributed by atoms with Crippen LogP contribution in [-0.2, 0) is 6.54 Å². The van der Waals surface area contributed by atoms with Gasteiger partial charge in [0.2, 0.25) is 0 Å². The molecule has 0 aliphatic rings. The molecule has 0 amide bonds. The molecule has 1 heterocycles. The van der Waals surface area contributed by atoms with Crippen LogP contribution in [0.25, 0.3) is 11.3 Å². The fourth-order valence-electron chi connectivity index (χ4n) is 1.91. The van der Waals surface area contributed by atoms with Crippen LogP contribution in [0.15, 0.2) is 85.3 Å². The summed E-state index contributed by atoms with van der Waals surface area (Å²) >= 11 is 0. The van der Waals surface area contributed by atoms with Crippen LogP contribution in [0.5, 0.6) is 0 Å². The summed E-state index contributed by atoms with van der Waals surface area (Å²) in [6, 6.07) is 15.9. The van der Waals surface area contributed by atoms with Crippen LogP contribution in [0, 0.1) is 0 Å². The van der Waals surface area contributed by atoms with Crippen molar-refractivity contribution in [3.05, 3.63) is 91.0 Å². The second-order valence-corrected chi connectivity index (χ2v) is 4.44. The Bertz CT molecular complexity index is 660. The summed E-state index contributed by atoms with van der Waals surface area (Å²) in [4.78, 5) is 4.61. The number of aromatic nitrogens is 1. The molecular weight excluding hydrogens is 260 g/mol. The van der Waals surface area contributed by atoms with Crippen molar-refractivity contribution in [1.29, 1.82) is 0 Å². The summed E-state index contributed by atoms with van der Waals surface area (Å²) in [7, 11) is 0. The Kier molecular flexibility index (Phi) is 4.94. The van der Waals surface area contributed by atoms with E-state index in [1.54, 1.807) is 6.08 Å². The number of nitrogens with zero attached hydrogens (tertiary/aromatic N) is 1. The van der Waals surface area contributed by atoms with Crippen LogP contribution in [-0.4, -0.2) is 10.1 Å². The summed E-state index contributed by atoms with van der Waals surface area (Å²) < 4.78 is 0. The Morgan fingerprint density at radius 1 is 1.05 bits per heavy atom. The predicted octanol–water partition coefficient (Wildman–Crippen LogP) is 3.98. The number of benzene rings is 1. The van der Waals surface area contributed by atoms with E-state index in [0.717, 1.165) is 17.0 Å². The van der Waals surface area contributed by atoms with Gasteiger partial charge < -0.3 is 10.4 Å². The highest BCUT2D eigenvalue weighted by Crippen LogP contribution is 2.16. The lowest BCUT2D eigenvalue weighted by Crippen LogP contribution is -2.14. The number of pyridine rings is 1. The molecule has 2 aromatic rings. The molecule has 1 aromatic carbocycles. The maximum Gasteiger partial charge on any atom is 0.138 e. The fourth-order valence-corrected chi connectivity index (χ4v) is 1.91. The summed E-state index contributed by atoms with van der Waals surface area (Å²) in [5.74, 6) is 0.0733. The Morgan fingerprint density at radius 2 is 1.81 bits per heavy atom. The van der Waals surface area contributed by atoms with Crippen LogP contribution >= 0.6 is 0 Å². The number of nitrogens with one attached hydrogen (secondary N) is 1. The van der Waals surface area contributed by atoms with E-state index in [1.807, 2.05) is 48.5 Å². The number of rotatable bonds is 6. The monoisotopic (exact) mass is 278 g/mol. The van der Waals surface area contributed by atoms with Crippen LogP contribution < -0.4 is 5.32 Å². The van der Waals surface area contributed by atoms with E-state index in [2.05, 4.69) is 23.5 Å². The lowest BCUT2D eigenvalue weighted by Gasteiger charge is -2.09. The maximum absolute atomic E-state index is 9.64. The number of hydrogen-bond acceptors (Lipinski definition) is 3. The van der Waals surface area contributed by atoms with Gasteiger partial charge in [-0.1, -0.05) is 49.6 Å². The largest absolute Gasteiger partial charge is 0.506 e. The summed E-state index contributed by atoms with van der Waals surface area (Å²) in [6.07, 6.45) is 2.93. The van der Waals surface area contributed by atoms with Gasteiger partial charge in [-0.15, -0.1) is 0 Å². The molecule has 3 nitrogen and oxygen atoms in total. The quantitative estimate of drug-likeness (QED) is 0.620. The normalized spacial score (nSPS) is 11.4. The van der Waals surface area contributed by atoms with E-state index in [-0.39, 0.29) is 5.76 Å². The Balaban J connectivity index is 2.16. The minimum atomic E-state index is 0.0733. The van der Waals surface area contributed by atoms with Gasteiger partial charge in [0, 0.05) is 5.56 Å². The van der Waals surface area contributed by atoms with Gasteiger partial charge in [-0.05, 0) is 24.3 Å². The van der Waals surface area contributed by atoms with Crippen molar-refractivity contribution < 1.29 is 5.11 Å². The second kappa shape index (κ2) is 7.10. The molecular formula is C18H18N2O. The van der Waals surface area contributed by atoms with Crippen molar-refractivity contribution in [3.8, 4) is 11.3 Å².